The van der Waals surface area contributed by atoms with Crippen molar-refractivity contribution < 1.29 is 23.8 Å². The van der Waals surface area contributed by atoms with E-state index in [0.29, 0.717) is 27.1 Å². The Bertz CT molecular complexity index is 1250. The van der Waals surface area contributed by atoms with Gasteiger partial charge in [-0.25, -0.2) is 4.79 Å². The fraction of sp³-hybridized carbons (Fsp3) is 0.167. The van der Waals surface area contributed by atoms with Crippen molar-refractivity contribution in [1.29, 1.82) is 0 Å². The number of benzene rings is 2. The molecule has 0 spiro atoms. The molecular formula is C24H19Cl2NO5. The number of aryl methyl sites for hydroxylation is 1. The maximum Gasteiger partial charge on any atom is 0.331 e. The van der Waals surface area contributed by atoms with E-state index in [0.717, 1.165) is 22.6 Å². The molecule has 0 aliphatic carbocycles. The average Bonchev–Trinajstić information content (AvgIpc) is 3.36. The number of hydrogen-bond acceptors (Lipinski definition) is 5. The predicted octanol–water partition coefficient (Wildman–Crippen LogP) is 5.57. The molecule has 4 rings (SSSR count). The molecule has 0 saturated carbocycles. The van der Waals surface area contributed by atoms with Crippen LogP contribution in [0.3, 0.4) is 0 Å². The average molecular weight is 472 g/mol. The number of rotatable bonds is 6. The van der Waals surface area contributed by atoms with E-state index in [-0.39, 0.29) is 19.2 Å². The van der Waals surface area contributed by atoms with Gasteiger partial charge in [-0.05, 0) is 61.9 Å². The monoisotopic (exact) mass is 471 g/mol. The van der Waals surface area contributed by atoms with Gasteiger partial charge in [0.2, 0.25) is 12.6 Å². The maximum atomic E-state index is 12.7. The first-order valence-electron chi connectivity index (χ1n) is 9.75. The molecule has 0 radical (unpaired) electrons. The number of nitrogens with zero attached hydrogens (tertiary/aromatic N) is 1. The molecule has 0 unspecified atom stereocenters. The quantitative estimate of drug-likeness (QED) is 0.267. The molecule has 6 nitrogen and oxygen atoms in total. The molecule has 2 heterocycles. The number of carbonyl (C=O) groups is 2. The van der Waals surface area contributed by atoms with Crippen LogP contribution in [0.2, 0.25) is 10.0 Å². The summed E-state index contributed by atoms with van der Waals surface area (Å²) in [6.07, 6.45) is 2.86. The predicted molar refractivity (Wildman–Crippen MR) is 122 cm³/mol. The van der Waals surface area contributed by atoms with Crippen molar-refractivity contribution in [3.8, 4) is 17.2 Å². The zero-order chi connectivity index (χ0) is 22.8. The largest absolute Gasteiger partial charge is 0.454 e. The minimum absolute atomic E-state index is 0.179. The van der Waals surface area contributed by atoms with Crippen molar-refractivity contribution >= 4 is 41.0 Å². The van der Waals surface area contributed by atoms with Gasteiger partial charge >= 0.3 is 5.97 Å². The summed E-state index contributed by atoms with van der Waals surface area (Å²) in [5, 5.41) is 0.877. The fourth-order valence-corrected chi connectivity index (χ4v) is 3.80. The van der Waals surface area contributed by atoms with Crippen LogP contribution in [-0.4, -0.2) is 29.7 Å². The van der Waals surface area contributed by atoms with Crippen molar-refractivity contribution in [2.75, 3.05) is 13.4 Å². The van der Waals surface area contributed by atoms with Crippen LogP contribution < -0.4 is 9.47 Å². The summed E-state index contributed by atoms with van der Waals surface area (Å²) in [7, 11) is 0. The highest BCUT2D eigenvalue weighted by atomic mass is 35.5. The minimum Gasteiger partial charge on any atom is -0.454 e. The third kappa shape index (κ3) is 4.52. The van der Waals surface area contributed by atoms with Gasteiger partial charge < -0.3 is 18.8 Å². The van der Waals surface area contributed by atoms with Crippen LogP contribution in [0.25, 0.3) is 11.8 Å². The Morgan fingerprint density at radius 3 is 2.59 bits per heavy atom. The lowest BCUT2D eigenvalue weighted by atomic mass is 10.1. The van der Waals surface area contributed by atoms with E-state index in [1.165, 1.54) is 6.08 Å². The number of Topliss-reactive ketones (excluding diaryl/α,β-unsaturated/α-hetero) is 1. The van der Waals surface area contributed by atoms with Crippen LogP contribution in [0.5, 0.6) is 11.5 Å². The molecule has 0 atom stereocenters. The fourth-order valence-electron chi connectivity index (χ4n) is 3.51. The third-order valence-electron chi connectivity index (χ3n) is 5.05. The van der Waals surface area contributed by atoms with Gasteiger partial charge in [0.15, 0.2) is 18.1 Å². The first-order chi connectivity index (χ1) is 15.3. The van der Waals surface area contributed by atoms with Gasteiger partial charge in [-0.15, -0.1) is 0 Å². The van der Waals surface area contributed by atoms with Crippen LogP contribution in [0.15, 0.2) is 48.5 Å². The topological polar surface area (TPSA) is 66.8 Å². The van der Waals surface area contributed by atoms with Crippen LogP contribution in [0.4, 0.5) is 0 Å². The molecule has 0 amide bonds. The minimum atomic E-state index is -0.616. The third-order valence-corrected chi connectivity index (χ3v) is 5.79. The first-order valence-corrected chi connectivity index (χ1v) is 10.5. The molecule has 0 fully saturated rings. The molecule has 0 saturated heterocycles. The Hall–Kier alpha value is -3.22. The van der Waals surface area contributed by atoms with Crippen molar-refractivity contribution in [3.05, 3.63) is 81.1 Å². The summed E-state index contributed by atoms with van der Waals surface area (Å²) in [4.78, 5) is 24.8. The molecule has 3 aromatic rings. The smallest absolute Gasteiger partial charge is 0.331 e. The molecule has 1 aromatic heterocycles. The van der Waals surface area contributed by atoms with Crippen LogP contribution in [0, 0.1) is 13.8 Å². The molecule has 164 valence electrons. The molecule has 2 aromatic carbocycles. The van der Waals surface area contributed by atoms with E-state index in [1.54, 1.807) is 42.5 Å². The van der Waals surface area contributed by atoms with Crippen molar-refractivity contribution in [2.24, 2.45) is 0 Å². The molecule has 0 bridgehead atoms. The van der Waals surface area contributed by atoms with Crippen molar-refractivity contribution in [3.63, 3.8) is 0 Å². The Morgan fingerprint density at radius 1 is 1.03 bits per heavy atom. The van der Waals surface area contributed by atoms with E-state index in [1.807, 2.05) is 24.5 Å². The van der Waals surface area contributed by atoms with Gasteiger partial charge in [-0.3, -0.25) is 4.79 Å². The maximum absolute atomic E-state index is 12.7. The number of aromatic nitrogens is 1. The van der Waals surface area contributed by atoms with Gasteiger partial charge in [0.05, 0.1) is 10.0 Å². The molecule has 1 aliphatic rings. The van der Waals surface area contributed by atoms with Crippen molar-refractivity contribution in [2.45, 2.75) is 13.8 Å². The lowest BCUT2D eigenvalue weighted by molar-refractivity contribution is -0.136. The number of hydrogen-bond donors (Lipinski definition) is 0. The van der Waals surface area contributed by atoms with Gasteiger partial charge in [-0.2, -0.15) is 0 Å². The van der Waals surface area contributed by atoms with Crippen LogP contribution in [-0.2, 0) is 9.53 Å². The Kier molecular flexibility index (Phi) is 6.26. The van der Waals surface area contributed by atoms with E-state index >= 15 is 0 Å². The highest BCUT2D eigenvalue weighted by Crippen LogP contribution is 2.33. The summed E-state index contributed by atoms with van der Waals surface area (Å²) >= 11 is 12.1. The molecule has 8 heteroatoms. The lowest BCUT2D eigenvalue weighted by Crippen LogP contribution is -2.13. The normalized spacial score (nSPS) is 12.4. The van der Waals surface area contributed by atoms with E-state index in [4.69, 9.17) is 37.4 Å². The second-order valence-corrected chi connectivity index (χ2v) is 8.01. The number of carbonyl (C=O) groups excluding carboxylic acids is 2. The molecule has 0 N–H and O–H groups in total. The summed E-state index contributed by atoms with van der Waals surface area (Å²) in [5.74, 6) is 0.366. The Balaban J connectivity index is 1.42. The summed E-state index contributed by atoms with van der Waals surface area (Å²) < 4.78 is 17.6. The highest BCUT2D eigenvalue weighted by molar-refractivity contribution is 6.42. The van der Waals surface area contributed by atoms with E-state index < -0.39 is 5.97 Å². The Labute approximate surface area is 194 Å². The van der Waals surface area contributed by atoms with Crippen LogP contribution >= 0.6 is 23.2 Å². The van der Waals surface area contributed by atoms with Gasteiger partial charge in [0, 0.05) is 28.7 Å². The summed E-state index contributed by atoms with van der Waals surface area (Å²) in [6, 6.07) is 12.3. The summed E-state index contributed by atoms with van der Waals surface area (Å²) in [5.41, 5.74) is 3.58. The number of ketones is 1. The first kappa shape index (κ1) is 22.0. The lowest BCUT2D eigenvalue weighted by Gasteiger charge is -2.11. The van der Waals surface area contributed by atoms with Gasteiger partial charge in [0.25, 0.3) is 0 Å². The standard InChI is InChI=1S/C24H19Cl2NO5/c1-14-9-18(15(2)27(14)17-5-6-19(25)20(26)11-17)21(28)12-30-24(29)8-4-16-3-7-22-23(10-16)32-13-31-22/h3-11H,12-13H2,1-2H3. The molecule has 32 heavy (non-hydrogen) atoms. The number of ether oxygens (including phenoxy) is 3. The highest BCUT2D eigenvalue weighted by Gasteiger charge is 2.18. The number of fused-ring (bicyclic) bond motifs is 1. The number of halogens is 2. The molecule has 1 aliphatic heterocycles. The van der Waals surface area contributed by atoms with E-state index in [9.17, 15) is 9.59 Å². The second-order valence-electron chi connectivity index (χ2n) is 7.20. The number of esters is 1. The van der Waals surface area contributed by atoms with Crippen LogP contribution in [0.1, 0.15) is 27.3 Å². The van der Waals surface area contributed by atoms with E-state index in [2.05, 4.69) is 0 Å². The Morgan fingerprint density at radius 2 is 1.81 bits per heavy atom. The SMILES string of the molecule is Cc1cc(C(=O)COC(=O)C=Cc2ccc3c(c2)OCO3)c(C)n1-c1ccc(Cl)c(Cl)c1. The van der Waals surface area contributed by atoms with Gasteiger partial charge in [0.1, 0.15) is 0 Å². The molecular weight excluding hydrogens is 453 g/mol. The zero-order valence-electron chi connectivity index (χ0n) is 17.4. The second kappa shape index (κ2) is 9.10. The van der Waals surface area contributed by atoms with Gasteiger partial charge in [-0.1, -0.05) is 29.3 Å². The van der Waals surface area contributed by atoms with Crippen molar-refractivity contribution in [1.82, 2.24) is 4.57 Å². The zero-order valence-corrected chi connectivity index (χ0v) is 18.9. The summed E-state index contributed by atoms with van der Waals surface area (Å²) in [6.45, 7) is 3.52.